The molecule has 0 aliphatic rings. The standard InChI is InChI=1S/C17H19BrClNO/c1-3-16(20)17(12-4-6-13(18)7-5-12)21-14-8-9-15(19)11(2)10-14/h4-10,16-17H,3,20H2,1-2H3. The predicted octanol–water partition coefficient (Wildman–Crippen LogP) is 5.27. The number of halogens is 2. The molecule has 2 N–H and O–H groups in total. The molecule has 2 atom stereocenters. The highest BCUT2D eigenvalue weighted by atomic mass is 79.9. The Morgan fingerprint density at radius 3 is 2.43 bits per heavy atom. The minimum atomic E-state index is -0.177. The van der Waals surface area contributed by atoms with Crippen LogP contribution in [0.25, 0.3) is 0 Å². The van der Waals surface area contributed by atoms with Crippen LogP contribution >= 0.6 is 27.5 Å². The zero-order valence-corrected chi connectivity index (χ0v) is 14.5. The van der Waals surface area contributed by atoms with E-state index in [1.165, 1.54) is 0 Å². The Bertz CT molecular complexity index is 600. The van der Waals surface area contributed by atoms with E-state index >= 15 is 0 Å². The summed E-state index contributed by atoms with van der Waals surface area (Å²) in [6.45, 7) is 4.02. The third-order valence-electron chi connectivity index (χ3n) is 3.45. The van der Waals surface area contributed by atoms with Gasteiger partial charge in [0.25, 0.3) is 0 Å². The molecule has 2 nitrogen and oxygen atoms in total. The average molecular weight is 369 g/mol. The summed E-state index contributed by atoms with van der Waals surface area (Å²) in [4.78, 5) is 0. The fraction of sp³-hybridized carbons (Fsp3) is 0.294. The van der Waals surface area contributed by atoms with Crippen molar-refractivity contribution < 1.29 is 4.74 Å². The van der Waals surface area contributed by atoms with Gasteiger partial charge in [-0.2, -0.15) is 0 Å². The molecule has 0 aliphatic heterocycles. The topological polar surface area (TPSA) is 35.2 Å². The first-order valence-electron chi connectivity index (χ1n) is 6.95. The number of aryl methyl sites for hydroxylation is 1. The summed E-state index contributed by atoms with van der Waals surface area (Å²) >= 11 is 9.50. The second-order valence-corrected chi connectivity index (χ2v) is 6.40. The van der Waals surface area contributed by atoms with Crippen LogP contribution in [0.3, 0.4) is 0 Å². The fourth-order valence-corrected chi connectivity index (χ4v) is 2.49. The van der Waals surface area contributed by atoms with Crippen LogP contribution in [0.5, 0.6) is 5.75 Å². The van der Waals surface area contributed by atoms with Crippen molar-refractivity contribution in [2.45, 2.75) is 32.4 Å². The molecule has 2 rings (SSSR count). The third kappa shape index (κ3) is 4.22. The second kappa shape index (κ2) is 7.30. The van der Waals surface area contributed by atoms with Crippen molar-refractivity contribution in [1.29, 1.82) is 0 Å². The molecule has 4 heteroatoms. The molecule has 2 aromatic carbocycles. The average Bonchev–Trinajstić information content (AvgIpc) is 2.48. The SMILES string of the molecule is CCC(N)C(Oc1ccc(Cl)c(C)c1)c1ccc(Br)cc1. The van der Waals surface area contributed by atoms with Gasteiger partial charge in [-0.1, -0.05) is 46.6 Å². The summed E-state index contributed by atoms with van der Waals surface area (Å²) in [7, 11) is 0. The largest absolute Gasteiger partial charge is 0.484 e. The van der Waals surface area contributed by atoms with Gasteiger partial charge in [-0.25, -0.2) is 0 Å². The van der Waals surface area contributed by atoms with Gasteiger partial charge in [-0.05, 0) is 54.8 Å². The zero-order chi connectivity index (χ0) is 15.4. The molecule has 0 amide bonds. The lowest BCUT2D eigenvalue weighted by molar-refractivity contribution is 0.171. The van der Waals surface area contributed by atoms with Gasteiger partial charge in [-0.15, -0.1) is 0 Å². The fourth-order valence-electron chi connectivity index (χ4n) is 2.11. The van der Waals surface area contributed by atoms with Crippen molar-refractivity contribution >= 4 is 27.5 Å². The molecule has 0 saturated carbocycles. The molecule has 0 aromatic heterocycles. The van der Waals surface area contributed by atoms with Crippen LogP contribution in [-0.2, 0) is 0 Å². The third-order valence-corrected chi connectivity index (χ3v) is 4.40. The second-order valence-electron chi connectivity index (χ2n) is 5.07. The van der Waals surface area contributed by atoms with Crippen molar-refractivity contribution in [3.8, 4) is 5.75 Å². The minimum absolute atomic E-state index is 0.0674. The van der Waals surface area contributed by atoms with Gasteiger partial charge in [0.1, 0.15) is 11.9 Å². The smallest absolute Gasteiger partial charge is 0.139 e. The summed E-state index contributed by atoms with van der Waals surface area (Å²) in [5.41, 5.74) is 8.30. The number of hydrogen-bond donors (Lipinski definition) is 1. The van der Waals surface area contributed by atoms with Crippen molar-refractivity contribution in [1.82, 2.24) is 0 Å². The van der Waals surface area contributed by atoms with Gasteiger partial charge in [0.2, 0.25) is 0 Å². The summed E-state index contributed by atoms with van der Waals surface area (Å²) in [5.74, 6) is 0.786. The monoisotopic (exact) mass is 367 g/mol. The molecule has 2 unspecified atom stereocenters. The maximum Gasteiger partial charge on any atom is 0.139 e. The lowest BCUT2D eigenvalue weighted by Gasteiger charge is -2.25. The van der Waals surface area contributed by atoms with E-state index in [2.05, 4.69) is 22.9 Å². The van der Waals surface area contributed by atoms with E-state index in [1.54, 1.807) is 0 Å². The van der Waals surface area contributed by atoms with Crippen LogP contribution in [0.4, 0.5) is 0 Å². The van der Waals surface area contributed by atoms with Crippen LogP contribution in [0.2, 0.25) is 5.02 Å². The van der Waals surface area contributed by atoms with E-state index in [-0.39, 0.29) is 12.1 Å². The lowest BCUT2D eigenvalue weighted by atomic mass is 10.0. The number of ether oxygens (including phenoxy) is 1. The van der Waals surface area contributed by atoms with E-state index in [0.29, 0.717) is 0 Å². The van der Waals surface area contributed by atoms with Crippen molar-refractivity contribution in [2.24, 2.45) is 5.73 Å². The van der Waals surface area contributed by atoms with Crippen LogP contribution in [0.1, 0.15) is 30.6 Å². The van der Waals surface area contributed by atoms with Gasteiger partial charge >= 0.3 is 0 Å². The molecule has 0 saturated heterocycles. The van der Waals surface area contributed by atoms with E-state index in [0.717, 1.165) is 32.8 Å². The molecule has 0 spiro atoms. The Hall–Kier alpha value is -1.03. The van der Waals surface area contributed by atoms with Gasteiger partial charge in [-0.3, -0.25) is 0 Å². The van der Waals surface area contributed by atoms with Crippen LogP contribution in [-0.4, -0.2) is 6.04 Å². The Morgan fingerprint density at radius 1 is 1.19 bits per heavy atom. The van der Waals surface area contributed by atoms with Gasteiger partial charge in [0.15, 0.2) is 0 Å². The molecule has 0 heterocycles. The summed E-state index contributed by atoms with van der Waals surface area (Å²) < 4.78 is 7.17. The maximum atomic E-state index is 6.24. The highest BCUT2D eigenvalue weighted by Gasteiger charge is 2.20. The quantitative estimate of drug-likeness (QED) is 0.780. The number of nitrogens with two attached hydrogens (primary N) is 1. The predicted molar refractivity (Wildman–Crippen MR) is 92.0 cm³/mol. The lowest BCUT2D eigenvalue weighted by Crippen LogP contribution is -2.31. The highest BCUT2D eigenvalue weighted by Crippen LogP contribution is 2.29. The Morgan fingerprint density at radius 2 is 1.86 bits per heavy atom. The van der Waals surface area contributed by atoms with Crippen molar-refractivity contribution in [2.75, 3.05) is 0 Å². The molecule has 0 radical (unpaired) electrons. The van der Waals surface area contributed by atoms with Crippen molar-refractivity contribution in [3.05, 3.63) is 63.1 Å². The van der Waals surface area contributed by atoms with E-state index in [4.69, 9.17) is 22.1 Å². The molecular weight excluding hydrogens is 350 g/mol. The first kappa shape index (κ1) is 16.3. The Kier molecular flexibility index (Phi) is 5.68. The summed E-state index contributed by atoms with van der Waals surface area (Å²) in [6.07, 6.45) is 0.663. The number of hydrogen-bond acceptors (Lipinski definition) is 2. The molecule has 0 bridgehead atoms. The highest BCUT2D eigenvalue weighted by molar-refractivity contribution is 9.10. The number of benzene rings is 2. The Labute approximate surface area is 139 Å². The molecule has 0 aliphatic carbocycles. The van der Waals surface area contributed by atoms with Crippen molar-refractivity contribution in [3.63, 3.8) is 0 Å². The van der Waals surface area contributed by atoms with Gasteiger partial charge in [0, 0.05) is 15.5 Å². The van der Waals surface area contributed by atoms with Crippen LogP contribution < -0.4 is 10.5 Å². The summed E-state index contributed by atoms with van der Waals surface area (Å²) in [5, 5.41) is 0.738. The van der Waals surface area contributed by atoms with Gasteiger partial charge in [0.05, 0.1) is 0 Å². The molecule has 112 valence electrons. The molecule has 2 aromatic rings. The van der Waals surface area contributed by atoms with E-state index in [1.807, 2.05) is 49.4 Å². The molecule has 21 heavy (non-hydrogen) atoms. The minimum Gasteiger partial charge on any atom is -0.484 e. The first-order valence-corrected chi connectivity index (χ1v) is 8.12. The molecular formula is C17H19BrClNO. The Balaban J connectivity index is 2.28. The van der Waals surface area contributed by atoms with E-state index in [9.17, 15) is 0 Å². The maximum absolute atomic E-state index is 6.24. The normalized spacial score (nSPS) is 13.8. The van der Waals surface area contributed by atoms with Crippen LogP contribution in [0.15, 0.2) is 46.9 Å². The summed E-state index contributed by atoms with van der Waals surface area (Å²) in [6, 6.07) is 13.7. The first-order chi connectivity index (χ1) is 10.0. The number of rotatable bonds is 5. The zero-order valence-electron chi connectivity index (χ0n) is 12.1. The van der Waals surface area contributed by atoms with E-state index < -0.39 is 0 Å². The molecule has 0 fully saturated rings. The van der Waals surface area contributed by atoms with Gasteiger partial charge < -0.3 is 10.5 Å². The van der Waals surface area contributed by atoms with Crippen LogP contribution in [0, 0.1) is 6.92 Å².